The van der Waals surface area contributed by atoms with E-state index in [9.17, 15) is 14.4 Å². The van der Waals surface area contributed by atoms with E-state index in [2.05, 4.69) is 179 Å². The van der Waals surface area contributed by atoms with Gasteiger partial charge in [-0.15, -0.1) is 0 Å². The van der Waals surface area contributed by atoms with Crippen LogP contribution in [0.25, 0.3) is 0 Å². The molecule has 0 saturated carbocycles. The third kappa shape index (κ3) is 53.8. The predicted octanol–water partition coefficient (Wildman–Crippen LogP) is 18.2. The Morgan fingerprint density at radius 1 is 0.304 bits per heavy atom. The van der Waals surface area contributed by atoms with Crippen molar-refractivity contribution in [2.24, 2.45) is 0 Å². The van der Waals surface area contributed by atoms with Crippen LogP contribution in [0.5, 0.6) is 0 Å². The van der Waals surface area contributed by atoms with Crippen LogP contribution in [0, 0.1) is 0 Å². The van der Waals surface area contributed by atoms with Gasteiger partial charge in [0.05, 0.1) is 0 Å². The Bertz CT molecular complexity index is 1610. The Hall–Kier alpha value is -4.97. The summed E-state index contributed by atoms with van der Waals surface area (Å²) >= 11 is 0. The molecule has 0 aliphatic heterocycles. The molecule has 0 amide bonds. The zero-order valence-corrected chi connectivity index (χ0v) is 43.8. The Labute approximate surface area is 422 Å². The quantitative estimate of drug-likeness (QED) is 0.0262. The number of allylic oxidation sites excluding steroid dienone is 26. The molecule has 6 nitrogen and oxygen atoms in total. The molecule has 0 heterocycles. The highest BCUT2D eigenvalue weighted by Gasteiger charge is 2.19. The number of unbranched alkanes of at least 4 members (excludes halogenated alkanes) is 9. The van der Waals surface area contributed by atoms with Gasteiger partial charge in [-0.25, -0.2) is 0 Å². The smallest absolute Gasteiger partial charge is 0.306 e. The summed E-state index contributed by atoms with van der Waals surface area (Å²) in [5.41, 5.74) is 0. The van der Waals surface area contributed by atoms with E-state index < -0.39 is 12.1 Å². The van der Waals surface area contributed by atoms with Crippen molar-refractivity contribution < 1.29 is 28.6 Å². The molecule has 0 fully saturated rings. The minimum atomic E-state index is -0.840. The summed E-state index contributed by atoms with van der Waals surface area (Å²) in [5.74, 6) is -1.06. The summed E-state index contributed by atoms with van der Waals surface area (Å²) in [4.78, 5) is 38.0. The maximum absolute atomic E-state index is 12.8. The van der Waals surface area contributed by atoms with E-state index in [1.54, 1.807) is 0 Å². The topological polar surface area (TPSA) is 78.9 Å². The van der Waals surface area contributed by atoms with Gasteiger partial charge in [-0.05, 0) is 135 Å². The largest absolute Gasteiger partial charge is 0.462 e. The highest BCUT2D eigenvalue weighted by atomic mass is 16.6. The van der Waals surface area contributed by atoms with E-state index in [1.807, 2.05) is 0 Å². The van der Waals surface area contributed by atoms with Gasteiger partial charge < -0.3 is 14.2 Å². The normalized spacial score (nSPS) is 13.4. The number of rotatable bonds is 46. The van der Waals surface area contributed by atoms with Crippen LogP contribution in [-0.4, -0.2) is 37.2 Å². The van der Waals surface area contributed by atoms with E-state index in [4.69, 9.17) is 14.2 Å². The van der Waals surface area contributed by atoms with Gasteiger partial charge in [0.15, 0.2) is 6.10 Å². The highest BCUT2D eigenvalue weighted by molar-refractivity contribution is 5.71. The average Bonchev–Trinajstić information content (AvgIpc) is 3.35. The van der Waals surface area contributed by atoms with Crippen LogP contribution >= 0.6 is 0 Å². The van der Waals surface area contributed by atoms with E-state index in [-0.39, 0.29) is 38.0 Å². The van der Waals surface area contributed by atoms with E-state index in [0.717, 1.165) is 141 Å². The Morgan fingerprint density at radius 3 is 0.957 bits per heavy atom. The molecule has 6 heteroatoms. The average molecular weight is 949 g/mol. The lowest BCUT2D eigenvalue weighted by Crippen LogP contribution is -2.30. The number of carbonyl (C=O) groups is 3. The Morgan fingerprint density at radius 2 is 0.580 bits per heavy atom. The van der Waals surface area contributed by atoms with E-state index in [0.29, 0.717) is 19.3 Å². The maximum atomic E-state index is 12.8. The van der Waals surface area contributed by atoms with Crippen LogP contribution in [0.2, 0.25) is 0 Å². The lowest BCUT2D eigenvalue weighted by molar-refractivity contribution is -0.167. The number of hydrogen-bond acceptors (Lipinski definition) is 6. The molecule has 1 unspecified atom stereocenters. The molecule has 0 aromatic carbocycles. The highest BCUT2D eigenvalue weighted by Crippen LogP contribution is 2.11. The Kier molecular flexibility index (Phi) is 51.6. The summed E-state index contributed by atoms with van der Waals surface area (Å²) in [5, 5.41) is 0. The van der Waals surface area contributed by atoms with E-state index in [1.165, 1.54) is 6.42 Å². The van der Waals surface area contributed by atoms with Gasteiger partial charge in [-0.2, -0.15) is 0 Å². The van der Waals surface area contributed by atoms with Gasteiger partial charge in [-0.3, -0.25) is 14.4 Å². The minimum absolute atomic E-state index is 0.130. The first-order chi connectivity index (χ1) is 34.0. The van der Waals surface area contributed by atoms with Crippen molar-refractivity contribution in [2.75, 3.05) is 13.2 Å². The second-order valence-corrected chi connectivity index (χ2v) is 17.0. The van der Waals surface area contributed by atoms with Crippen LogP contribution in [0.4, 0.5) is 0 Å². The molecule has 0 spiro atoms. The second kappa shape index (κ2) is 55.6. The zero-order valence-electron chi connectivity index (χ0n) is 43.8. The van der Waals surface area contributed by atoms with Gasteiger partial charge >= 0.3 is 17.9 Å². The second-order valence-electron chi connectivity index (χ2n) is 17.0. The van der Waals surface area contributed by atoms with Crippen molar-refractivity contribution >= 4 is 17.9 Å². The molecule has 0 saturated heterocycles. The maximum Gasteiger partial charge on any atom is 0.306 e. The molecular weight excluding hydrogens is 853 g/mol. The molecule has 0 radical (unpaired) electrons. The van der Waals surface area contributed by atoms with Crippen molar-refractivity contribution in [3.05, 3.63) is 158 Å². The molecule has 0 aromatic heterocycles. The first-order valence-corrected chi connectivity index (χ1v) is 27.0. The van der Waals surface area contributed by atoms with Crippen LogP contribution in [0.3, 0.4) is 0 Å². The zero-order chi connectivity index (χ0) is 50.0. The minimum Gasteiger partial charge on any atom is -0.462 e. The number of hydrogen-bond donors (Lipinski definition) is 0. The third-order valence-corrected chi connectivity index (χ3v) is 10.5. The molecule has 69 heavy (non-hydrogen) atoms. The van der Waals surface area contributed by atoms with Crippen molar-refractivity contribution in [1.82, 2.24) is 0 Å². The summed E-state index contributed by atoms with van der Waals surface area (Å²) < 4.78 is 16.7. The van der Waals surface area contributed by atoms with Crippen LogP contribution in [-0.2, 0) is 28.6 Å². The number of carbonyl (C=O) groups excluding carboxylic acids is 3. The lowest BCUT2D eigenvalue weighted by Gasteiger charge is -2.18. The van der Waals surface area contributed by atoms with Crippen molar-refractivity contribution in [3.63, 3.8) is 0 Å². The molecule has 1 atom stereocenters. The van der Waals surface area contributed by atoms with Gasteiger partial charge in [0.1, 0.15) is 13.2 Å². The first kappa shape index (κ1) is 64.0. The molecule has 0 N–H and O–H groups in total. The summed E-state index contributed by atoms with van der Waals surface area (Å²) in [7, 11) is 0. The molecule has 0 aromatic rings. The van der Waals surface area contributed by atoms with Crippen LogP contribution in [0.15, 0.2) is 158 Å². The van der Waals surface area contributed by atoms with Crippen LogP contribution < -0.4 is 0 Å². The summed E-state index contributed by atoms with van der Waals surface area (Å²) in [6.45, 7) is 6.22. The fraction of sp³-hybridized carbons (Fsp3) is 0.540. The summed E-state index contributed by atoms with van der Waals surface area (Å²) in [6, 6.07) is 0. The van der Waals surface area contributed by atoms with Gasteiger partial charge in [-0.1, -0.05) is 204 Å². The van der Waals surface area contributed by atoms with Gasteiger partial charge in [0.25, 0.3) is 0 Å². The number of esters is 3. The fourth-order valence-electron chi connectivity index (χ4n) is 6.52. The van der Waals surface area contributed by atoms with Crippen LogP contribution in [0.1, 0.15) is 201 Å². The monoisotopic (exact) mass is 949 g/mol. The van der Waals surface area contributed by atoms with Gasteiger partial charge in [0.2, 0.25) is 0 Å². The van der Waals surface area contributed by atoms with Crippen molar-refractivity contribution in [2.45, 2.75) is 207 Å². The molecule has 0 aliphatic rings. The first-order valence-electron chi connectivity index (χ1n) is 27.0. The lowest BCUT2D eigenvalue weighted by atomic mass is 10.1. The van der Waals surface area contributed by atoms with E-state index >= 15 is 0 Å². The van der Waals surface area contributed by atoms with Crippen molar-refractivity contribution in [3.8, 4) is 0 Å². The SMILES string of the molecule is CC/C=C\C/C=C\C/C=C\C/C=C\C/C=C\C/C=C\CCCCC(=O)OCC(COC(=O)CCCCCCC/C=C\C/C=C\CCC)OC(=O)CCC/C=C\C/C=C\C/C=C\C/C=C\C/C=C\CC. The van der Waals surface area contributed by atoms with Gasteiger partial charge in [0, 0.05) is 19.3 Å². The molecule has 0 rings (SSSR count). The summed E-state index contributed by atoms with van der Waals surface area (Å²) in [6.07, 6.45) is 80.9. The molecule has 384 valence electrons. The standard InChI is InChI=1S/C63H96O6/c1-4-7-10-13-16-19-22-25-27-29-30-31-32-34-35-38-41-44-47-50-53-56-62(65)68-59-60(58-67-61(64)55-52-49-46-43-40-37-24-21-18-15-12-9-6-3)69-63(66)57-54-51-48-45-42-39-36-33-28-26-23-20-17-14-11-8-5-2/h7-8,10-12,15-17,19-21,24-28,30-31,34-36,39,41,44-45,48,60H,4-6,9,13-14,18,22-23,29,32-33,37-38,40,42-43,46-47,49-59H2,1-3H3/b10-7-,11-8-,15-12-,19-16-,20-17-,24-21-,27-25-,28-26-,31-30-,35-34-,39-36-,44-41-,48-45-. The fourth-order valence-corrected chi connectivity index (χ4v) is 6.52. The van der Waals surface area contributed by atoms with Crippen molar-refractivity contribution in [1.29, 1.82) is 0 Å². The molecular formula is C63H96O6. The predicted molar refractivity (Wildman–Crippen MR) is 297 cm³/mol. The third-order valence-electron chi connectivity index (χ3n) is 10.5. The Balaban J connectivity index is 4.60. The molecule has 0 aliphatic carbocycles. The number of ether oxygens (including phenoxy) is 3. The molecule has 0 bridgehead atoms.